The fraction of sp³-hybridized carbons (Fsp3) is 0.679. The largest absolute Gasteiger partial charge is 0.507 e. The number of aliphatic hydroxyl groups excluding tert-OH is 1. The number of hydrogen-bond acceptors (Lipinski definition) is 5. The van der Waals surface area contributed by atoms with Crippen molar-refractivity contribution in [2.24, 2.45) is 29.6 Å². The highest BCUT2D eigenvalue weighted by Crippen LogP contribution is 2.30. The molecule has 0 bridgehead atoms. The molecule has 1 fully saturated rings. The molecule has 0 aliphatic carbocycles. The number of aliphatic hydroxyl groups is 1. The van der Waals surface area contributed by atoms with Crippen LogP contribution in [0.3, 0.4) is 0 Å². The van der Waals surface area contributed by atoms with Crippen LogP contribution < -0.4 is 5.32 Å². The number of amides is 2. The second-order valence-corrected chi connectivity index (χ2v) is 12.3. The van der Waals surface area contributed by atoms with Crippen molar-refractivity contribution in [3.05, 3.63) is 27.3 Å². The lowest BCUT2D eigenvalue weighted by Gasteiger charge is -2.32. The highest BCUT2D eigenvalue weighted by atomic mass is 127. The molecule has 1 aromatic carbocycles. The average molecular weight is 615 g/mol. The maximum atomic E-state index is 13.7. The molecule has 7 nitrogen and oxygen atoms in total. The summed E-state index contributed by atoms with van der Waals surface area (Å²) in [7, 11) is 1.61. The van der Waals surface area contributed by atoms with Gasteiger partial charge in [-0.1, -0.05) is 40.7 Å². The number of likely N-dealkylation sites (N-methyl/N-ethyl adjacent to an activating group) is 1. The SMILES string of the molecule is CC(C)[C@H]1CC(=O)C(Cc2ccc(O)c(I)c2)N(C)C(=O)CNC(=O)[C@@H](C)C[C@@H](C)C[C@@H](C)[C@@H](O)C1. The number of nitrogens with one attached hydrogen (secondary N) is 1. The Morgan fingerprint density at radius 3 is 2.39 bits per heavy atom. The van der Waals surface area contributed by atoms with Crippen molar-refractivity contribution < 1.29 is 24.6 Å². The maximum absolute atomic E-state index is 13.7. The van der Waals surface area contributed by atoms with Crippen LogP contribution in [0.4, 0.5) is 0 Å². The van der Waals surface area contributed by atoms with E-state index >= 15 is 0 Å². The molecule has 1 saturated heterocycles. The Morgan fingerprint density at radius 1 is 1.11 bits per heavy atom. The van der Waals surface area contributed by atoms with E-state index in [4.69, 9.17) is 0 Å². The van der Waals surface area contributed by atoms with Gasteiger partial charge in [-0.15, -0.1) is 0 Å². The monoisotopic (exact) mass is 614 g/mol. The highest BCUT2D eigenvalue weighted by Gasteiger charge is 2.32. The molecule has 6 atom stereocenters. The fourth-order valence-electron chi connectivity index (χ4n) is 5.13. The number of halogens is 1. The molecule has 0 saturated carbocycles. The fourth-order valence-corrected chi connectivity index (χ4v) is 5.71. The van der Waals surface area contributed by atoms with Gasteiger partial charge in [0.05, 0.1) is 22.3 Å². The quantitative estimate of drug-likeness (QED) is 0.444. The molecule has 202 valence electrons. The number of aromatic hydroxyl groups is 1. The average Bonchev–Trinajstić information content (AvgIpc) is 2.80. The molecule has 1 aromatic rings. The van der Waals surface area contributed by atoms with Crippen molar-refractivity contribution in [2.75, 3.05) is 13.6 Å². The van der Waals surface area contributed by atoms with Crippen LogP contribution in [-0.4, -0.2) is 58.4 Å². The summed E-state index contributed by atoms with van der Waals surface area (Å²) in [6.45, 7) is 9.97. The van der Waals surface area contributed by atoms with Crippen molar-refractivity contribution >= 4 is 40.2 Å². The van der Waals surface area contributed by atoms with Gasteiger partial charge in [0, 0.05) is 19.4 Å². The van der Waals surface area contributed by atoms with Gasteiger partial charge in [-0.3, -0.25) is 14.4 Å². The Morgan fingerprint density at radius 2 is 1.78 bits per heavy atom. The topological polar surface area (TPSA) is 107 Å². The van der Waals surface area contributed by atoms with Gasteiger partial charge in [-0.05, 0) is 89.6 Å². The molecule has 2 amide bonds. The van der Waals surface area contributed by atoms with Crippen molar-refractivity contribution in [2.45, 2.75) is 78.9 Å². The van der Waals surface area contributed by atoms with Gasteiger partial charge >= 0.3 is 0 Å². The molecule has 3 N–H and O–H groups in total. The standard InChI is InChI=1S/C28H43IN2O5/c1-16(2)21-13-25(33)18(4)9-17(3)10-19(5)28(36)30-15-27(35)31(6)23(26(34)14-21)12-20-7-8-24(32)22(29)11-20/h7-8,11,16-19,21,23,25,32-33H,9-10,12-15H2,1-6H3,(H,30,36)/t17-,18+,19-,21+,23?,25-/m0/s1. The lowest BCUT2D eigenvalue weighted by atomic mass is 9.79. The molecule has 1 aliphatic rings. The smallest absolute Gasteiger partial charge is 0.242 e. The third kappa shape index (κ3) is 8.71. The third-order valence-electron chi connectivity index (χ3n) is 7.67. The predicted octanol–water partition coefficient (Wildman–Crippen LogP) is 4.17. The van der Waals surface area contributed by atoms with Crippen LogP contribution in [0.2, 0.25) is 0 Å². The van der Waals surface area contributed by atoms with E-state index in [1.165, 1.54) is 4.90 Å². The van der Waals surface area contributed by atoms with E-state index in [1.807, 2.05) is 42.5 Å². The van der Waals surface area contributed by atoms with Crippen molar-refractivity contribution in [3.8, 4) is 5.75 Å². The van der Waals surface area contributed by atoms with Crippen molar-refractivity contribution in [3.63, 3.8) is 0 Å². The number of phenols is 1. The van der Waals surface area contributed by atoms with Crippen LogP contribution >= 0.6 is 22.6 Å². The molecular weight excluding hydrogens is 571 g/mol. The lowest BCUT2D eigenvalue weighted by Crippen LogP contribution is -2.49. The predicted molar refractivity (Wildman–Crippen MR) is 149 cm³/mol. The number of carbonyl (C=O) groups is 3. The van der Waals surface area contributed by atoms with Gasteiger partial charge < -0.3 is 20.4 Å². The van der Waals surface area contributed by atoms with Crippen LogP contribution in [-0.2, 0) is 20.8 Å². The minimum absolute atomic E-state index is 0.0113. The summed E-state index contributed by atoms with van der Waals surface area (Å²) in [5, 5.41) is 23.7. The van der Waals surface area contributed by atoms with E-state index in [9.17, 15) is 24.6 Å². The van der Waals surface area contributed by atoms with Gasteiger partial charge in [0.25, 0.3) is 0 Å². The van der Waals surface area contributed by atoms with Gasteiger partial charge in [0.2, 0.25) is 11.8 Å². The van der Waals surface area contributed by atoms with Crippen LogP contribution in [0, 0.1) is 33.2 Å². The van der Waals surface area contributed by atoms with Crippen LogP contribution in [0.5, 0.6) is 5.75 Å². The Bertz CT molecular complexity index is 921. The van der Waals surface area contributed by atoms with Gasteiger partial charge in [-0.25, -0.2) is 0 Å². The zero-order chi connectivity index (χ0) is 27.2. The Balaban J connectivity index is 2.38. The molecule has 1 heterocycles. The van der Waals surface area contributed by atoms with E-state index in [-0.39, 0.29) is 65.9 Å². The second-order valence-electron chi connectivity index (χ2n) is 11.2. The number of hydrogen-bond donors (Lipinski definition) is 3. The zero-order valence-corrected chi connectivity index (χ0v) is 24.6. The van der Waals surface area contributed by atoms with Gasteiger partial charge in [0.15, 0.2) is 5.78 Å². The van der Waals surface area contributed by atoms with Crippen molar-refractivity contribution in [1.29, 1.82) is 0 Å². The molecule has 0 aromatic heterocycles. The van der Waals surface area contributed by atoms with E-state index in [0.717, 1.165) is 12.0 Å². The molecule has 2 rings (SSSR count). The zero-order valence-electron chi connectivity index (χ0n) is 22.5. The highest BCUT2D eigenvalue weighted by molar-refractivity contribution is 14.1. The summed E-state index contributed by atoms with van der Waals surface area (Å²) in [5.41, 5.74) is 0.839. The first-order chi connectivity index (χ1) is 16.8. The number of nitrogens with zero attached hydrogens (tertiary/aromatic N) is 1. The first-order valence-corrected chi connectivity index (χ1v) is 14.1. The lowest BCUT2D eigenvalue weighted by molar-refractivity contribution is -0.139. The molecular formula is C28H43IN2O5. The molecule has 1 aliphatic heterocycles. The summed E-state index contributed by atoms with van der Waals surface area (Å²) in [6, 6.07) is 4.46. The normalized spacial score (nSPS) is 29.9. The minimum Gasteiger partial charge on any atom is -0.507 e. The van der Waals surface area contributed by atoms with Crippen LogP contribution in [0.1, 0.15) is 65.9 Å². The van der Waals surface area contributed by atoms with Gasteiger partial charge in [-0.2, -0.15) is 0 Å². The third-order valence-corrected chi connectivity index (χ3v) is 8.54. The van der Waals surface area contributed by atoms with Gasteiger partial charge in [0.1, 0.15) is 5.75 Å². The molecule has 0 spiro atoms. The number of rotatable bonds is 3. The van der Waals surface area contributed by atoms with Crippen LogP contribution in [0.15, 0.2) is 18.2 Å². The number of phenolic OH excluding ortho intramolecular Hbond substituents is 1. The molecule has 36 heavy (non-hydrogen) atoms. The number of ketones is 1. The summed E-state index contributed by atoms with van der Waals surface area (Å²) >= 11 is 2.04. The second kappa shape index (κ2) is 13.7. The first-order valence-electron chi connectivity index (χ1n) is 13.0. The summed E-state index contributed by atoms with van der Waals surface area (Å²) < 4.78 is 0.674. The summed E-state index contributed by atoms with van der Waals surface area (Å²) in [4.78, 5) is 40.8. The van der Waals surface area contributed by atoms with Crippen molar-refractivity contribution in [1.82, 2.24) is 10.2 Å². The summed E-state index contributed by atoms with van der Waals surface area (Å²) in [5.74, 6) is -0.162. The summed E-state index contributed by atoms with van der Waals surface area (Å²) in [6.07, 6.45) is 2.03. The molecule has 0 radical (unpaired) electrons. The van der Waals surface area contributed by atoms with E-state index < -0.39 is 12.1 Å². The van der Waals surface area contributed by atoms with Crippen LogP contribution in [0.25, 0.3) is 0 Å². The minimum atomic E-state index is -0.712. The van der Waals surface area contributed by atoms with E-state index in [1.54, 1.807) is 19.2 Å². The number of benzene rings is 1. The Labute approximate surface area is 229 Å². The molecule has 8 heteroatoms. The first kappa shape index (κ1) is 30.5. The number of Topliss-reactive ketones (excluding diaryl/α,β-unsaturated/α-hetero) is 1. The maximum Gasteiger partial charge on any atom is 0.242 e. The Kier molecular flexibility index (Phi) is 11.7. The van der Waals surface area contributed by atoms with E-state index in [2.05, 4.69) is 26.1 Å². The Hall–Kier alpha value is -1.68. The van der Waals surface area contributed by atoms with E-state index in [0.29, 0.717) is 22.8 Å². The molecule has 1 unspecified atom stereocenters. The number of carbonyl (C=O) groups excluding carboxylic acids is 3.